The standard InChI is InChI=1S/C29H41FN4O2Si/c1-21(17-28(32)35)33-15-13-25(14-16-33)34(20-23-18-22(19-31)7-12-27(23)30)24-8-10-26(11-9-24)36-37(5,6)29(2,3)4/h7-12,18,21,25H,13-17,20H2,1-6H3,(H2,32,35)/t21-/m1/s1. The Bertz CT molecular complexity index is 1120. The van der Waals surface area contributed by atoms with E-state index < -0.39 is 8.32 Å². The highest BCUT2D eigenvalue weighted by molar-refractivity contribution is 6.74. The SMILES string of the molecule is C[C@H](CC(N)=O)N1CCC(N(Cc2cc(C#N)ccc2F)c2ccc(O[Si](C)(C)C(C)(C)C)cc2)CC1. The number of hydrogen-bond acceptors (Lipinski definition) is 5. The van der Waals surface area contributed by atoms with Crippen molar-refractivity contribution in [3.8, 4) is 11.8 Å². The van der Waals surface area contributed by atoms with Crippen molar-refractivity contribution in [1.29, 1.82) is 5.26 Å². The van der Waals surface area contributed by atoms with E-state index in [1.807, 2.05) is 19.1 Å². The Morgan fingerprint density at radius 2 is 1.84 bits per heavy atom. The van der Waals surface area contributed by atoms with Gasteiger partial charge in [-0.2, -0.15) is 5.26 Å². The highest BCUT2D eigenvalue weighted by Gasteiger charge is 2.39. The molecule has 1 aliphatic heterocycles. The van der Waals surface area contributed by atoms with Crippen molar-refractivity contribution in [2.45, 2.75) is 83.7 Å². The fourth-order valence-corrected chi connectivity index (χ4v) is 5.62. The van der Waals surface area contributed by atoms with Crippen LogP contribution in [0.4, 0.5) is 10.1 Å². The van der Waals surface area contributed by atoms with Gasteiger partial charge in [-0.15, -0.1) is 0 Å². The average Bonchev–Trinajstić information content (AvgIpc) is 2.83. The van der Waals surface area contributed by atoms with Gasteiger partial charge in [-0.25, -0.2) is 4.39 Å². The maximum absolute atomic E-state index is 14.8. The Hall–Kier alpha value is -2.89. The summed E-state index contributed by atoms with van der Waals surface area (Å²) in [7, 11) is -1.96. The predicted octanol–water partition coefficient (Wildman–Crippen LogP) is 5.82. The normalized spacial score (nSPS) is 16.2. The minimum atomic E-state index is -1.96. The molecule has 6 nitrogen and oxygen atoms in total. The van der Waals surface area contributed by atoms with Gasteiger partial charge in [0.25, 0.3) is 0 Å². The topological polar surface area (TPSA) is 82.6 Å². The number of anilines is 1. The van der Waals surface area contributed by atoms with E-state index in [0.717, 1.165) is 37.4 Å². The average molecular weight is 525 g/mol. The molecular formula is C29H41FN4O2Si. The summed E-state index contributed by atoms with van der Waals surface area (Å²) in [4.78, 5) is 15.9. The molecule has 1 heterocycles. The molecule has 37 heavy (non-hydrogen) atoms. The van der Waals surface area contributed by atoms with Crippen LogP contribution in [0.1, 0.15) is 58.1 Å². The molecule has 0 unspecified atom stereocenters. The molecular weight excluding hydrogens is 483 g/mol. The molecule has 1 saturated heterocycles. The number of nitrogens with two attached hydrogens (primary N) is 1. The van der Waals surface area contributed by atoms with E-state index in [-0.39, 0.29) is 28.8 Å². The van der Waals surface area contributed by atoms with Crippen LogP contribution in [0.3, 0.4) is 0 Å². The van der Waals surface area contributed by atoms with Crippen molar-refractivity contribution in [3.05, 3.63) is 59.4 Å². The summed E-state index contributed by atoms with van der Waals surface area (Å²) >= 11 is 0. The summed E-state index contributed by atoms with van der Waals surface area (Å²) < 4.78 is 21.3. The van der Waals surface area contributed by atoms with Gasteiger partial charge in [0.05, 0.1) is 11.6 Å². The number of amides is 1. The van der Waals surface area contributed by atoms with Gasteiger partial charge in [0.15, 0.2) is 0 Å². The number of nitrogens with zero attached hydrogens (tertiary/aromatic N) is 3. The Morgan fingerprint density at radius 1 is 1.22 bits per heavy atom. The van der Waals surface area contributed by atoms with Crippen LogP contribution in [-0.4, -0.2) is 44.3 Å². The van der Waals surface area contributed by atoms with Crippen molar-refractivity contribution < 1.29 is 13.6 Å². The monoisotopic (exact) mass is 524 g/mol. The molecule has 0 bridgehead atoms. The molecule has 2 N–H and O–H groups in total. The van der Waals surface area contributed by atoms with Crippen LogP contribution < -0.4 is 15.1 Å². The minimum Gasteiger partial charge on any atom is -0.544 e. The zero-order valence-corrected chi connectivity index (χ0v) is 24.1. The highest BCUT2D eigenvalue weighted by Crippen LogP contribution is 2.38. The lowest BCUT2D eigenvalue weighted by Gasteiger charge is -2.42. The highest BCUT2D eigenvalue weighted by atomic mass is 28.4. The molecule has 0 spiro atoms. The molecule has 1 aliphatic rings. The first-order chi connectivity index (χ1) is 17.3. The maximum Gasteiger partial charge on any atom is 0.250 e. The van der Waals surface area contributed by atoms with E-state index >= 15 is 0 Å². The second-order valence-electron chi connectivity index (χ2n) is 11.7. The van der Waals surface area contributed by atoms with Crippen LogP contribution in [0.5, 0.6) is 5.75 Å². The molecule has 0 saturated carbocycles. The fourth-order valence-electron chi connectivity index (χ4n) is 4.59. The van der Waals surface area contributed by atoms with Crippen molar-refractivity contribution in [2.24, 2.45) is 5.73 Å². The summed E-state index contributed by atoms with van der Waals surface area (Å²) in [6.07, 6.45) is 2.10. The molecule has 0 aromatic heterocycles. The summed E-state index contributed by atoms with van der Waals surface area (Å²) in [5.74, 6) is 0.251. The van der Waals surface area contributed by atoms with Gasteiger partial charge in [-0.05, 0) is 80.4 Å². The third-order valence-corrected chi connectivity index (χ3v) is 12.3. The molecule has 8 heteroatoms. The van der Waals surface area contributed by atoms with Gasteiger partial charge in [0.2, 0.25) is 14.2 Å². The lowest BCUT2D eigenvalue weighted by atomic mass is 9.99. The second-order valence-corrected chi connectivity index (χ2v) is 16.4. The minimum absolute atomic E-state index is 0.0978. The molecule has 3 rings (SSSR count). The first kappa shape index (κ1) is 28.7. The van der Waals surface area contributed by atoms with Gasteiger partial charge in [-0.3, -0.25) is 9.69 Å². The van der Waals surface area contributed by atoms with E-state index in [0.29, 0.717) is 24.1 Å². The van der Waals surface area contributed by atoms with Gasteiger partial charge in [-0.1, -0.05) is 20.8 Å². The number of halogens is 1. The quantitative estimate of drug-likeness (QED) is 0.418. The molecule has 2 aromatic carbocycles. The van der Waals surface area contributed by atoms with Crippen LogP contribution in [-0.2, 0) is 11.3 Å². The molecule has 2 aromatic rings. The third-order valence-electron chi connectivity index (χ3n) is 7.92. The fraction of sp³-hybridized carbons (Fsp3) is 0.517. The molecule has 1 atom stereocenters. The van der Waals surface area contributed by atoms with E-state index in [1.165, 1.54) is 12.1 Å². The zero-order chi connectivity index (χ0) is 27.4. The van der Waals surface area contributed by atoms with Crippen LogP contribution in [0.15, 0.2) is 42.5 Å². The largest absolute Gasteiger partial charge is 0.544 e. The Morgan fingerprint density at radius 3 is 2.38 bits per heavy atom. The number of benzene rings is 2. The number of rotatable bonds is 9. The van der Waals surface area contributed by atoms with Gasteiger partial charge >= 0.3 is 0 Å². The molecule has 0 aliphatic carbocycles. The van der Waals surface area contributed by atoms with Crippen LogP contribution in [0, 0.1) is 17.1 Å². The number of carbonyl (C=O) groups is 1. The van der Waals surface area contributed by atoms with E-state index in [9.17, 15) is 14.4 Å². The van der Waals surface area contributed by atoms with E-state index in [2.05, 4.69) is 61.9 Å². The summed E-state index contributed by atoms with van der Waals surface area (Å²) in [5.41, 5.74) is 7.36. The Labute approximate surface area is 222 Å². The van der Waals surface area contributed by atoms with Crippen LogP contribution in [0.2, 0.25) is 18.1 Å². The molecule has 1 amide bonds. The number of primary amides is 1. The van der Waals surface area contributed by atoms with Crippen molar-refractivity contribution in [3.63, 3.8) is 0 Å². The third kappa shape index (κ3) is 7.33. The zero-order valence-electron chi connectivity index (χ0n) is 23.1. The number of likely N-dealkylation sites (tertiary alicyclic amines) is 1. The number of piperidine rings is 1. The number of carbonyl (C=O) groups excluding carboxylic acids is 1. The lowest BCUT2D eigenvalue weighted by Crippen LogP contribution is -2.48. The summed E-state index contributed by atoms with van der Waals surface area (Å²) in [6, 6.07) is 15.1. The van der Waals surface area contributed by atoms with Gasteiger partial charge in [0.1, 0.15) is 11.6 Å². The van der Waals surface area contributed by atoms with Crippen LogP contribution in [0.25, 0.3) is 0 Å². The van der Waals surface area contributed by atoms with E-state index in [1.54, 1.807) is 6.07 Å². The predicted molar refractivity (Wildman–Crippen MR) is 149 cm³/mol. The van der Waals surface area contributed by atoms with Crippen molar-refractivity contribution in [2.75, 3.05) is 18.0 Å². The van der Waals surface area contributed by atoms with Crippen LogP contribution >= 0.6 is 0 Å². The van der Waals surface area contributed by atoms with Crippen molar-refractivity contribution >= 4 is 19.9 Å². The second kappa shape index (κ2) is 11.7. The number of hydrogen-bond donors (Lipinski definition) is 1. The number of nitriles is 1. The lowest BCUT2D eigenvalue weighted by molar-refractivity contribution is -0.119. The van der Waals surface area contributed by atoms with Crippen molar-refractivity contribution in [1.82, 2.24) is 4.90 Å². The summed E-state index contributed by atoms with van der Waals surface area (Å²) in [5, 5.41) is 9.44. The van der Waals surface area contributed by atoms with Gasteiger partial charge in [0, 0.05) is 49.4 Å². The Kier molecular flexibility index (Phi) is 9.03. The maximum atomic E-state index is 14.8. The molecule has 0 radical (unpaired) electrons. The smallest absolute Gasteiger partial charge is 0.250 e. The first-order valence-electron chi connectivity index (χ1n) is 13.1. The van der Waals surface area contributed by atoms with E-state index in [4.69, 9.17) is 10.2 Å². The molecule has 1 fully saturated rings. The molecule has 200 valence electrons. The Balaban J connectivity index is 1.85. The summed E-state index contributed by atoms with van der Waals surface area (Å²) in [6.45, 7) is 15.2. The van der Waals surface area contributed by atoms with Gasteiger partial charge < -0.3 is 15.1 Å². The first-order valence-corrected chi connectivity index (χ1v) is 16.0.